The molecule has 1 saturated heterocycles. The van der Waals surface area contributed by atoms with Gasteiger partial charge < -0.3 is 14.7 Å². The first-order chi connectivity index (χ1) is 14.9. The van der Waals surface area contributed by atoms with Crippen molar-refractivity contribution < 1.29 is 18.5 Å². The maximum absolute atomic E-state index is 13.4. The number of aromatic nitrogens is 1. The molecule has 0 aliphatic carbocycles. The lowest BCUT2D eigenvalue weighted by atomic mass is 9.95. The third-order valence-corrected chi connectivity index (χ3v) is 5.39. The number of nitrogens with zero attached hydrogens (tertiary/aromatic N) is 2. The van der Waals surface area contributed by atoms with Crippen LogP contribution in [-0.2, 0) is 4.79 Å². The molecule has 160 valence electrons. The van der Waals surface area contributed by atoms with Crippen molar-refractivity contribution in [1.29, 1.82) is 0 Å². The molecule has 1 aliphatic heterocycles. The van der Waals surface area contributed by atoms with E-state index in [1.54, 1.807) is 17.0 Å². The minimum atomic E-state index is -0.585. The molecule has 3 aromatic rings. The summed E-state index contributed by atoms with van der Waals surface area (Å²) in [6.07, 6.45) is 0.543. The van der Waals surface area contributed by atoms with Crippen molar-refractivity contribution in [2.24, 2.45) is 5.92 Å². The molecule has 1 fully saturated rings. The van der Waals surface area contributed by atoms with Crippen LogP contribution < -0.4 is 5.32 Å². The Morgan fingerprint density at radius 3 is 2.58 bits per heavy atom. The second-order valence-corrected chi connectivity index (χ2v) is 8.16. The summed E-state index contributed by atoms with van der Waals surface area (Å²) in [5, 5.41) is 6.98. The van der Waals surface area contributed by atoms with Crippen molar-refractivity contribution in [3.8, 4) is 11.3 Å². The Balaban J connectivity index is 1.62. The van der Waals surface area contributed by atoms with Crippen molar-refractivity contribution >= 4 is 11.8 Å². The van der Waals surface area contributed by atoms with Crippen LogP contribution in [0, 0.1) is 11.7 Å². The highest BCUT2D eigenvalue weighted by molar-refractivity contribution is 5.97. The molecular weight excluding hydrogens is 397 g/mol. The minimum Gasteiger partial charge on any atom is -0.355 e. The molecule has 0 radical (unpaired) electrons. The average molecular weight is 421 g/mol. The van der Waals surface area contributed by atoms with E-state index in [1.807, 2.05) is 44.2 Å². The van der Waals surface area contributed by atoms with Crippen LogP contribution in [0.25, 0.3) is 11.3 Å². The lowest BCUT2D eigenvalue weighted by Gasteiger charge is -2.40. The zero-order valence-corrected chi connectivity index (χ0v) is 17.4. The Kier molecular flexibility index (Phi) is 5.84. The van der Waals surface area contributed by atoms with E-state index in [2.05, 4.69) is 10.5 Å². The van der Waals surface area contributed by atoms with Crippen LogP contribution in [0.2, 0.25) is 0 Å². The lowest BCUT2D eigenvalue weighted by Crippen LogP contribution is -2.58. The number of carbonyl (C=O) groups is 2. The summed E-state index contributed by atoms with van der Waals surface area (Å²) < 4.78 is 18.5. The number of piperazine rings is 1. The fraction of sp³-hybridized carbons (Fsp3) is 0.292. The predicted octanol–water partition coefficient (Wildman–Crippen LogP) is 4.21. The second kappa shape index (κ2) is 8.71. The molecule has 1 aromatic heterocycles. The van der Waals surface area contributed by atoms with Gasteiger partial charge in [-0.3, -0.25) is 9.59 Å². The zero-order valence-electron chi connectivity index (χ0n) is 17.4. The van der Waals surface area contributed by atoms with Crippen LogP contribution in [0.15, 0.2) is 65.2 Å². The molecule has 31 heavy (non-hydrogen) atoms. The van der Waals surface area contributed by atoms with Gasteiger partial charge in [0.25, 0.3) is 5.91 Å². The van der Waals surface area contributed by atoms with Gasteiger partial charge in [0.1, 0.15) is 11.9 Å². The third-order valence-electron chi connectivity index (χ3n) is 5.39. The van der Waals surface area contributed by atoms with Crippen LogP contribution in [0.3, 0.4) is 0 Å². The van der Waals surface area contributed by atoms with Gasteiger partial charge in [-0.15, -0.1) is 0 Å². The van der Waals surface area contributed by atoms with Crippen LogP contribution >= 0.6 is 0 Å². The summed E-state index contributed by atoms with van der Waals surface area (Å²) in [6.45, 7) is 4.37. The topological polar surface area (TPSA) is 75.4 Å². The maximum Gasteiger partial charge on any atom is 0.276 e. The first-order valence-electron chi connectivity index (χ1n) is 10.3. The average Bonchev–Trinajstić information content (AvgIpc) is 3.25. The molecule has 7 heteroatoms. The van der Waals surface area contributed by atoms with Crippen molar-refractivity contribution in [2.75, 3.05) is 6.54 Å². The molecular formula is C24H24FN3O3. The number of carbonyl (C=O) groups excluding carboxylic acids is 2. The number of hydrogen-bond donors (Lipinski definition) is 1. The summed E-state index contributed by atoms with van der Waals surface area (Å²) in [4.78, 5) is 27.9. The summed E-state index contributed by atoms with van der Waals surface area (Å²) in [6, 6.07) is 16.0. The first kappa shape index (κ1) is 20.8. The summed E-state index contributed by atoms with van der Waals surface area (Å²) in [5.74, 6) is -0.304. The molecule has 1 N–H and O–H groups in total. The highest BCUT2D eigenvalue weighted by atomic mass is 19.1. The van der Waals surface area contributed by atoms with Gasteiger partial charge in [0.15, 0.2) is 11.5 Å². The third kappa shape index (κ3) is 4.50. The van der Waals surface area contributed by atoms with E-state index < -0.39 is 6.04 Å². The largest absolute Gasteiger partial charge is 0.355 e. The summed E-state index contributed by atoms with van der Waals surface area (Å²) >= 11 is 0. The fourth-order valence-corrected chi connectivity index (χ4v) is 3.83. The molecule has 4 rings (SSSR count). The van der Waals surface area contributed by atoms with Gasteiger partial charge in [-0.1, -0.05) is 49.3 Å². The van der Waals surface area contributed by atoms with E-state index in [0.29, 0.717) is 24.3 Å². The Bertz CT molecular complexity index is 1060. The zero-order chi connectivity index (χ0) is 22.0. The van der Waals surface area contributed by atoms with Crippen LogP contribution in [0.5, 0.6) is 0 Å². The SMILES string of the molecule is CC(C)C[C@H]1C(=O)N[C@@H](c2ccccc2)CN1C(=O)c1cc(-c2ccc(F)cc2)on1. The predicted molar refractivity (Wildman–Crippen MR) is 114 cm³/mol. The molecule has 6 nitrogen and oxygen atoms in total. The standard InChI is InChI=1S/C24H24FN3O3/c1-15(2)12-21-23(29)26-20(16-6-4-3-5-7-16)14-28(21)24(30)19-13-22(31-27-19)17-8-10-18(25)11-9-17/h3-11,13,15,20-21H,12,14H2,1-2H3,(H,26,29)/t20-,21+/m1/s1. The highest BCUT2D eigenvalue weighted by Gasteiger charge is 2.39. The van der Waals surface area contributed by atoms with Gasteiger partial charge in [0.2, 0.25) is 5.91 Å². The Morgan fingerprint density at radius 1 is 1.19 bits per heavy atom. The van der Waals surface area contributed by atoms with Crippen LogP contribution in [-0.4, -0.2) is 34.5 Å². The smallest absolute Gasteiger partial charge is 0.276 e. The minimum absolute atomic E-state index is 0.120. The van der Waals surface area contributed by atoms with Crippen molar-refractivity contribution in [3.63, 3.8) is 0 Å². The van der Waals surface area contributed by atoms with E-state index in [1.165, 1.54) is 18.2 Å². The Labute approximate surface area is 180 Å². The number of benzene rings is 2. The molecule has 1 aliphatic rings. The lowest BCUT2D eigenvalue weighted by molar-refractivity contribution is -0.130. The van der Waals surface area contributed by atoms with Gasteiger partial charge in [0, 0.05) is 18.2 Å². The van der Waals surface area contributed by atoms with E-state index in [0.717, 1.165) is 5.56 Å². The molecule has 0 unspecified atom stereocenters. The Morgan fingerprint density at radius 2 is 1.90 bits per heavy atom. The van der Waals surface area contributed by atoms with E-state index in [4.69, 9.17) is 4.52 Å². The quantitative estimate of drug-likeness (QED) is 0.670. The summed E-state index contributed by atoms with van der Waals surface area (Å²) in [7, 11) is 0. The van der Waals surface area contributed by atoms with Gasteiger partial charge in [-0.2, -0.15) is 0 Å². The number of amides is 2. The normalized spacial score (nSPS) is 18.8. The van der Waals surface area contributed by atoms with Gasteiger partial charge in [-0.05, 0) is 42.2 Å². The van der Waals surface area contributed by atoms with Gasteiger partial charge in [0.05, 0.1) is 6.04 Å². The number of halogens is 1. The van der Waals surface area contributed by atoms with E-state index in [9.17, 15) is 14.0 Å². The first-order valence-corrected chi connectivity index (χ1v) is 10.3. The molecule has 2 aromatic carbocycles. The second-order valence-electron chi connectivity index (χ2n) is 8.16. The van der Waals surface area contributed by atoms with Crippen LogP contribution in [0.4, 0.5) is 4.39 Å². The van der Waals surface area contributed by atoms with Crippen molar-refractivity contribution in [2.45, 2.75) is 32.4 Å². The molecule has 0 spiro atoms. The maximum atomic E-state index is 13.4. The molecule has 0 bridgehead atoms. The highest BCUT2D eigenvalue weighted by Crippen LogP contribution is 2.27. The van der Waals surface area contributed by atoms with E-state index >= 15 is 0 Å². The van der Waals surface area contributed by atoms with Crippen LogP contribution in [0.1, 0.15) is 42.4 Å². The van der Waals surface area contributed by atoms with Crippen molar-refractivity contribution in [1.82, 2.24) is 15.4 Å². The molecule has 2 atom stereocenters. The summed E-state index contributed by atoms with van der Waals surface area (Å²) in [5.41, 5.74) is 1.67. The van der Waals surface area contributed by atoms with Gasteiger partial charge in [-0.25, -0.2) is 4.39 Å². The number of rotatable bonds is 5. The number of nitrogens with one attached hydrogen (secondary N) is 1. The molecule has 0 saturated carbocycles. The number of hydrogen-bond acceptors (Lipinski definition) is 4. The fourth-order valence-electron chi connectivity index (χ4n) is 3.83. The van der Waals surface area contributed by atoms with Gasteiger partial charge >= 0.3 is 0 Å². The monoisotopic (exact) mass is 421 g/mol. The Hall–Kier alpha value is -3.48. The molecule has 2 heterocycles. The molecule has 2 amide bonds. The van der Waals surface area contributed by atoms with Crippen molar-refractivity contribution in [3.05, 3.63) is 77.7 Å². The van der Waals surface area contributed by atoms with E-state index in [-0.39, 0.29) is 35.3 Å².